The van der Waals surface area contributed by atoms with Gasteiger partial charge >= 0.3 is 0 Å². The molecular weight excluding hydrogens is 368 g/mol. The molecule has 0 unspecified atom stereocenters. The number of nitrogens with zero attached hydrogens (tertiary/aromatic N) is 1. The minimum atomic E-state index is -3.60. The molecule has 2 heterocycles. The smallest absolute Gasteiger partial charge is 0.240 e. The van der Waals surface area contributed by atoms with E-state index >= 15 is 0 Å². The molecule has 0 amide bonds. The van der Waals surface area contributed by atoms with Gasteiger partial charge in [0.05, 0.1) is 23.5 Å². The van der Waals surface area contributed by atoms with E-state index in [1.165, 1.54) is 6.07 Å². The molecule has 1 atom stereocenters. The maximum Gasteiger partial charge on any atom is 0.240 e. The normalized spacial score (nSPS) is 17.7. The Balaban J connectivity index is 1.75. The van der Waals surface area contributed by atoms with Crippen molar-refractivity contribution in [3.05, 3.63) is 53.4 Å². The van der Waals surface area contributed by atoms with Crippen molar-refractivity contribution >= 4 is 33.4 Å². The molecule has 130 valence electrons. The molecule has 0 spiro atoms. The van der Waals surface area contributed by atoms with E-state index in [2.05, 4.69) is 9.62 Å². The van der Waals surface area contributed by atoms with E-state index in [9.17, 15) is 8.42 Å². The second-order valence-corrected chi connectivity index (χ2v) is 8.96. The van der Waals surface area contributed by atoms with Crippen LogP contribution in [0.15, 0.2) is 52.2 Å². The van der Waals surface area contributed by atoms with Crippen molar-refractivity contribution < 1.29 is 12.8 Å². The third-order valence-electron chi connectivity index (χ3n) is 3.99. The zero-order chi connectivity index (χ0) is 17.0. The van der Waals surface area contributed by atoms with Gasteiger partial charge in [-0.3, -0.25) is 4.90 Å². The molecular formula is C16H19ClN2O3S2. The van der Waals surface area contributed by atoms with Crippen LogP contribution in [0.25, 0.3) is 0 Å². The fourth-order valence-electron chi connectivity index (χ4n) is 2.72. The summed E-state index contributed by atoms with van der Waals surface area (Å²) in [6.07, 6.45) is 3.30. The van der Waals surface area contributed by atoms with Crippen LogP contribution in [0.1, 0.15) is 11.6 Å². The van der Waals surface area contributed by atoms with Crippen molar-refractivity contribution in [3.8, 4) is 0 Å². The van der Waals surface area contributed by atoms with Crippen molar-refractivity contribution in [1.82, 2.24) is 9.62 Å². The number of nitrogens with one attached hydrogen (secondary N) is 1. The first-order valence-electron chi connectivity index (χ1n) is 7.65. The predicted molar refractivity (Wildman–Crippen MR) is 97.0 cm³/mol. The Hall–Kier alpha value is -0.990. The molecule has 0 saturated carbocycles. The van der Waals surface area contributed by atoms with Crippen LogP contribution < -0.4 is 4.72 Å². The maximum atomic E-state index is 12.5. The Bertz CT molecular complexity index is 759. The number of thioether (sulfide) groups is 1. The van der Waals surface area contributed by atoms with Crippen LogP contribution in [-0.4, -0.2) is 44.5 Å². The van der Waals surface area contributed by atoms with Gasteiger partial charge in [-0.25, -0.2) is 13.1 Å². The molecule has 1 saturated heterocycles. The van der Waals surface area contributed by atoms with E-state index in [0.29, 0.717) is 11.6 Å². The summed E-state index contributed by atoms with van der Waals surface area (Å²) in [6.45, 7) is 2.15. The third-order valence-corrected chi connectivity index (χ3v) is 6.59. The summed E-state index contributed by atoms with van der Waals surface area (Å²) < 4.78 is 33.0. The van der Waals surface area contributed by atoms with Gasteiger partial charge in [-0.1, -0.05) is 17.7 Å². The summed E-state index contributed by atoms with van der Waals surface area (Å²) in [4.78, 5) is 2.47. The summed E-state index contributed by atoms with van der Waals surface area (Å²) in [5, 5.41) is 0.400. The number of hydrogen-bond donors (Lipinski definition) is 1. The summed E-state index contributed by atoms with van der Waals surface area (Å²) in [7, 11) is -3.60. The van der Waals surface area contributed by atoms with Crippen molar-refractivity contribution in [3.63, 3.8) is 0 Å². The van der Waals surface area contributed by atoms with E-state index in [0.717, 1.165) is 30.2 Å². The molecule has 2 aromatic rings. The van der Waals surface area contributed by atoms with E-state index in [1.54, 1.807) is 30.7 Å². The third kappa shape index (κ3) is 4.34. The molecule has 1 N–H and O–H groups in total. The summed E-state index contributed by atoms with van der Waals surface area (Å²) in [5.74, 6) is 2.10. The monoisotopic (exact) mass is 386 g/mol. The molecule has 1 aromatic carbocycles. The highest BCUT2D eigenvalue weighted by molar-refractivity contribution is 7.99. The Morgan fingerprint density at radius 2 is 2.08 bits per heavy atom. The fraction of sp³-hybridized carbons (Fsp3) is 0.375. The Morgan fingerprint density at radius 3 is 2.75 bits per heavy atom. The first kappa shape index (κ1) is 17.8. The molecule has 24 heavy (non-hydrogen) atoms. The van der Waals surface area contributed by atoms with Crippen LogP contribution in [0, 0.1) is 0 Å². The zero-order valence-corrected chi connectivity index (χ0v) is 15.4. The lowest BCUT2D eigenvalue weighted by Crippen LogP contribution is -2.41. The van der Waals surface area contributed by atoms with Crippen molar-refractivity contribution in [1.29, 1.82) is 0 Å². The first-order valence-corrected chi connectivity index (χ1v) is 10.7. The highest BCUT2D eigenvalue weighted by atomic mass is 35.5. The second-order valence-electron chi connectivity index (χ2n) is 5.53. The number of furan rings is 1. The number of rotatable bonds is 6. The molecule has 1 aliphatic rings. The number of halogens is 1. The van der Waals surface area contributed by atoms with Crippen LogP contribution in [0.3, 0.4) is 0 Å². The number of sulfonamides is 1. The van der Waals surface area contributed by atoms with Crippen LogP contribution in [0.4, 0.5) is 0 Å². The average Bonchev–Trinajstić information content (AvgIpc) is 3.10. The van der Waals surface area contributed by atoms with Gasteiger partial charge in [0.1, 0.15) is 0 Å². The summed E-state index contributed by atoms with van der Waals surface area (Å²) in [5.41, 5.74) is 0.982. The number of benzene rings is 1. The Kier molecular flexibility index (Phi) is 5.89. The lowest BCUT2D eigenvalue weighted by molar-refractivity contribution is 0.218. The molecule has 0 radical (unpaired) electrons. The molecule has 1 fully saturated rings. The minimum absolute atomic E-state index is 0.0430. The van der Waals surface area contributed by atoms with E-state index in [-0.39, 0.29) is 10.9 Å². The Morgan fingerprint density at radius 1 is 1.29 bits per heavy atom. The van der Waals surface area contributed by atoms with E-state index in [4.69, 9.17) is 16.0 Å². The molecule has 0 aliphatic carbocycles. The largest absolute Gasteiger partial charge is 0.472 e. The SMILES string of the molecule is O=S(=O)(NC[C@H](c1ccoc1)N1CCSCC1)c1cccc(Cl)c1. The van der Waals surface area contributed by atoms with Gasteiger partial charge < -0.3 is 4.42 Å². The second kappa shape index (κ2) is 7.93. The van der Waals surface area contributed by atoms with E-state index in [1.807, 2.05) is 17.8 Å². The predicted octanol–water partition coefficient (Wildman–Crippen LogP) is 3.00. The molecule has 1 aromatic heterocycles. The van der Waals surface area contributed by atoms with Crippen molar-refractivity contribution in [2.45, 2.75) is 10.9 Å². The van der Waals surface area contributed by atoms with Gasteiger partial charge in [0, 0.05) is 41.7 Å². The van der Waals surface area contributed by atoms with Gasteiger partial charge in [0.2, 0.25) is 10.0 Å². The van der Waals surface area contributed by atoms with Gasteiger partial charge in [-0.05, 0) is 24.3 Å². The standard InChI is InChI=1S/C16H19ClN2O3S2/c17-14-2-1-3-15(10-14)24(20,21)18-11-16(13-4-7-22-12-13)19-5-8-23-9-6-19/h1-4,7,10,12,16,18H,5-6,8-9,11H2/t16-/m1/s1. The van der Waals surface area contributed by atoms with Crippen LogP contribution in [0.2, 0.25) is 5.02 Å². The Labute approximate surface area is 151 Å². The minimum Gasteiger partial charge on any atom is -0.472 e. The molecule has 1 aliphatic heterocycles. The average molecular weight is 387 g/mol. The van der Waals surface area contributed by atoms with Crippen LogP contribution in [0.5, 0.6) is 0 Å². The molecule has 0 bridgehead atoms. The molecule has 3 rings (SSSR count). The summed E-state index contributed by atoms with van der Waals surface area (Å²) >= 11 is 7.82. The maximum absolute atomic E-state index is 12.5. The van der Waals surface area contributed by atoms with Crippen molar-refractivity contribution in [2.24, 2.45) is 0 Å². The highest BCUT2D eigenvalue weighted by Gasteiger charge is 2.25. The van der Waals surface area contributed by atoms with Gasteiger partial charge in [-0.2, -0.15) is 11.8 Å². The van der Waals surface area contributed by atoms with Crippen molar-refractivity contribution in [2.75, 3.05) is 31.1 Å². The summed E-state index contributed by atoms with van der Waals surface area (Å²) in [6, 6.07) is 8.12. The zero-order valence-electron chi connectivity index (χ0n) is 13.0. The van der Waals surface area contributed by atoms with Gasteiger partial charge in [0.25, 0.3) is 0 Å². The van der Waals surface area contributed by atoms with Crippen LogP contribution >= 0.6 is 23.4 Å². The lowest BCUT2D eigenvalue weighted by atomic mass is 10.1. The molecule has 8 heteroatoms. The lowest BCUT2D eigenvalue weighted by Gasteiger charge is -2.33. The topological polar surface area (TPSA) is 62.6 Å². The highest BCUT2D eigenvalue weighted by Crippen LogP contribution is 2.25. The first-order chi connectivity index (χ1) is 11.6. The van der Waals surface area contributed by atoms with Gasteiger partial charge in [-0.15, -0.1) is 0 Å². The van der Waals surface area contributed by atoms with Crippen LogP contribution in [-0.2, 0) is 10.0 Å². The quantitative estimate of drug-likeness (QED) is 0.826. The molecule has 5 nitrogen and oxygen atoms in total. The fourth-order valence-corrected chi connectivity index (χ4v) is 4.99. The van der Waals surface area contributed by atoms with Gasteiger partial charge in [0.15, 0.2) is 0 Å². The number of hydrogen-bond acceptors (Lipinski definition) is 5. The van der Waals surface area contributed by atoms with E-state index < -0.39 is 10.0 Å².